The number of thioether (sulfide) groups is 1. The second kappa shape index (κ2) is 4.45. The second-order valence-electron chi connectivity index (χ2n) is 5.44. The summed E-state index contributed by atoms with van der Waals surface area (Å²) in [5.74, 6) is 0.753. The first-order valence-corrected chi connectivity index (χ1v) is 6.43. The number of carbonyl (C=O) groups excluding carboxylic acids is 1. The highest BCUT2D eigenvalue weighted by Gasteiger charge is 2.44. The van der Waals surface area contributed by atoms with E-state index in [1.165, 1.54) is 0 Å². The molecule has 0 saturated carbocycles. The predicted molar refractivity (Wildman–Crippen MR) is 65.5 cm³/mol. The summed E-state index contributed by atoms with van der Waals surface area (Å²) in [5, 5.41) is 9.25. The summed E-state index contributed by atoms with van der Waals surface area (Å²) in [7, 11) is 0. The Balaban J connectivity index is 2.79. The molecule has 5 heteroatoms. The smallest absolute Gasteiger partial charge is 0.411 e. The largest absolute Gasteiger partial charge is 0.444 e. The van der Waals surface area contributed by atoms with Crippen molar-refractivity contribution in [3.8, 4) is 0 Å². The minimum absolute atomic E-state index is 0.0182. The van der Waals surface area contributed by atoms with Crippen molar-refractivity contribution in [2.75, 3.05) is 12.4 Å². The van der Waals surface area contributed by atoms with Crippen LogP contribution < -0.4 is 0 Å². The third-order valence-corrected chi connectivity index (χ3v) is 3.83. The van der Waals surface area contributed by atoms with Crippen LogP contribution in [0.25, 0.3) is 0 Å². The lowest BCUT2D eigenvalue weighted by Crippen LogP contribution is -2.49. The molecule has 1 atom stereocenters. The van der Waals surface area contributed by atoms with E-state index >= 15 is 0 Å². The van der Waals surface area contributed by atoms with Crippen LogP contribution in [0.3, 0.4) is 0 Å². The summed E-state index contributed by atoms with van der Waals surface area (Å²) in [6, 6.07) is -0.144. The third-order valence-electron chi connectivity index (χ3n) is 2.38. The molecule has 0 radical (unpaired) electrons. The first-order chi connectivity index (χ1) is 7.17. The minimum Gasteiger partial charge on any atom is -0.444 e. The molecule has 0 aromatic heterocycles. The van der Waals surface area contributed by atoms with Crippen molar-refractivity contribution >= 4 is 17.9 Å². The Morgan fingerprint density at radius 1 is 1.56 bits per heavy atom. The molecule has 1 aliphatic heterocycles. The monoisotopic (exact) mass is 247 g/mol. The molecule has 0 aromatic carbocycles. The molecule has 1 amide bonds. The summed E-state index contributed by atoms with van der Waals surface area (Å²) in [4.78, 5) is 13.4. The van der Waals surface area contributed by atoms with Crippen LogP contribution in [-0.2, 0) is 4.74 Å². The highest BCUT2D eigenvalue weighted by molar-refractivity contribution is 8.00. The summed E-state index contributed by atoms with van der Waals surface area (Å²) in [5.41, 5.74) is -0.500. The van der Waals surface area contributed by atoms with Crippen LogP contribution >= 0.6 is 11.8 Å². The van der Waals surface area contributed by atoms with Crippen LogP contribution in [0.15, 0.2) is 0 Å². The SMILES string of the molecule is CC(C)(C)OC(=O)N1[C@@H](CO)CSC1(C)C. The number of carbonyl (C=O) groups is 1. The van der Waals surface area contributed by atoms with Crippen LogP contribution in [0.2, 0.25) is 0 Å². The fraction of sp³-hybridized carbons (Fsp3) is 0.909. The number of rotatable bonds is 1. The van der Waals surface area contributed by atoms with Gasteiger partial charge in [0.1, 0.15) is 5.60 Å². The maximum Gasteiger partial charge on any atom is 0.411 e. The standard InChI is InChI=1S/C11H21NO3S/c1-10(2,3)15-9(14)12-8(6-13)7-16-11(12,4)5/h8,13H,6-7H2,1-5H3/t8-/m0/s1. The van der Waals surface area contributed by atoms with Gasteiger partial charge in [-0.3, -0.25) is 4.90 Å². The number of hydrogen-bond acceptors (Lipinski definition) is 4. The van der Waals surface area contributed by atoms with Crippen molar-refractivity contribution in [1.82, 2.24) is 4.90 Å². The van der Waals surface area contributed by atoms with Gasteiger partial charge in [0.05, 0.1) is 17.5 Å². The quantitative estimate of drug-likeness (QED) is 0.770. The van der Waals surface area contributed by atoms with Gasteiger partial charge in [0, 0.05) is 5.75 Å². The summed E-state index contributed by atoms with van der Waals surface area (Å²) >= 11 is 1.66. The van der Waals surface area contributed by atoms with Crippen molar-refractivity contribution in [3.05, 3.63) is 0 Å². The Labute approximate surface area is 101 Å². The van der Waals surface area contributed by atoms with E-state index in [9.17, 15) is 9.90 Å². The number of hydrogen-bond donors (Lipinski definition) is 1. The number of ether oxygens (including phenoxy) is 1. The molecule has 94 valence electrons. The van der Waals surface area contributed by atoms with E-state index in [0.29, 0.717) is 0 Å². The summed E-state index contributed by atoms with van der Waals surface area (Å²) < 4.78 is 5.35. The Morgan fingerprint density at radius 2 is 2.12 bits per heavy atom. The van der Waals surface area contributed by atoms with Crippen LogP contribution in [0.4, 0.5) is 4.79 Å². The molecule has 0 spiro atoms. The predicted octanol–water partition coefficient (Wildman–Crippen LogP) is 2.07. The Kier molecular flexibility index (Phi) is 3.80. The topological polar surface area (TPSA) is 49.8 Å². The lowest BCUT2D eigenvalue weighted by Gasteiger charge is -2.35. The molecule has 1 rings (SSSR count). The van der Waals surface area contributed by atoms with Gasteiger partial charge in [0.15, 0.2) is 0 Å². The van der Waals surface area contributed by atoms with Gasteiger partial charge in [0.25, 0.3) is 0 Å². The van der Waals surface area contributed by atoms with Gasteiger partial charge in [-0.15, -0.1) is 11.8 Å². The fourth-order valence-electron chi connectivity index (χ4n) is 1.70. The van der Waals surface area contributed by atoms with Crippen molar-refractivity contribution in [2.24, 2.45) is 0 Å². The zero-order valence-electron chi connectivity index (χ0n) is 10.6. The second-order valence-corrected chi connectivity index (χ2v) is 7.07. The van der Waals surface area contributed by atoms with E-state index in [1.807, 2.05) is 34.6 Å². The zero-order valence-corrected chi connectivity index (χ0v) is 11.4. The molecule has 1 N–H and O–H groups in total. The number of amides is 1. The molecule has 1 fully saturated rings. The van der Waals surface area contributed by atoms with E-state index in [2.05, 4.69) is 0 Å². The zero-order chi connectivity index (χ0) is 12.6. The Morgan fingerprint density at radius 3 is 2.56 bits per heavy atom. The fourth-order valence-corrected chi connectivity index (χ4v) is 2.92. The molecule has 0 aliphatic carbocycles. The molecule has 0 bridgehead atoms. The van der Waals surface area contributed by atoms with Crippen molar-refractivity contribution < 1.29 is 14.6 Å². The molecule has 1 heterocycles. The van der Waals surface area contributed by atoms with Crippen LogP contribution in [-0.4, -0.2) is 45.0 Å². The van der Waals surface area contributed by atoms with E-state index in [4.69, 9.17) is 4.74 Å². The summed E-state index contributed by atoms with van der Waals surface area (Å²) in [6.45, 7) is 9.45. The number of nitrogens with zero attached hydrogens (tertiary/aromatic N) is 1. The molecular formula is C11H21NO3S. The molecule has 16 heavy (non-hydrogen) atoms. The minimum atomic E-state index is -0.500. The lowest BCUT2D eigenvalue weighted by atomic mass is 10.2. The highest BCUT2D eigenvalue weighted by atomic mass is 32.2. The molecule has 4 nitrogen and oxygen atoms in total. The van der Waals surface area contributed by atoms with Gasteiger partial charge in [0.2, 0.25) is 0 Å². The molecule has 1 aliphatic rings. The highest BCUT2D eigenvalue weighted by Crippen LogP contribution is 2.39. The normalized spacial score (nSPS) is 24.6. The van der Waals surface area contributed by atoms with Crippen LogP contribution in [0.5, 0.6) is 0 Å². The Hall–Kier alpha value is -0.420. The molecule has 1 saturated heterocycles. The van der Waals surface area contributed by atoms with Crippen molar-refractivity contribution in [3.63, 3.8) is 0 Å². The molecule has 0 unspecified atom stereocenters. The van der Waals surface area contributed by atoms with Gasteiger partial charge in [-0.2, -0.15) is 0 Å². The average Bonchev–Trinajstić information content (AvgIpc) is 2.37. The lowest BCUT2D eigenvalue weighted by molar-refractivity contribution is 0.00354. The maximum atomic E-state index is 12.0. The van der Waals surface area contributed by atoms with E-state index in [-0.39, 0.29) is 23.6 Å². The van der Waals surface area contributed by atoms with Crippen molar-refractivity contribution in [1.29, 1.82) is 0 Å². The van der Waals surface area contributed by atoms with Gasteiger partial charge in [-0.25, -0.2) is 4.79 Å². The van der Waals surface area contributed by atoms with Crippen LogP contribution in [0, 0.1) is 0 Å². The van der Waals surface area contributed by atoms with Gasteiger partial charge < -0.3 is 9.84 Å². The first kappa shape index (κ1) is 13.6. The maximum absolute atomic E-state index is 12.0. The number of aliphatic hydroxyl groups excluding tert-OH is 1. The Bertz CT molecular complexity index is 273. The number of aliphatic hydroxyl groups is 1. The van der Waals surface area contributed by atoms with Gasteiger partial charge in [-0.1, -0.05) is 0 Å². The van der Waals surface area contributed by atoms with Gasteiger partial charge >= 0.3 is 6.09 Å². The third kappa shape index (κ3) is 3.04. The van der Waals surface area contributed by atoms with Crippen molar-refractivity contribution in [2.45, 2.75) is 51.1 Å². The average molecular weight is 247 g/mol. The van der Waals surface area contributed by atoms with E-state index in [1.54, 1.807) is 16.7 Å². The van der Waals surface area contributed by atoms with E-state index in [0.717, 1.165) is 5.75 Å². The van der Waals surface area contributed by atoms with Crippen LogP contribution in [0.1, 0.15) is 34.6 Å². The first-order valence-electron chi connectivity index (χ1n) is 5.44. The molecule has 0 aromatic rings. The van der Waals surface area contributed by atoms with Gasteiger partial charge in [-0.05, 0) is 34.6 Å². The van der Waals surface area contributed by atoms with E-state index < -0.39 is 5.60 Å². The molecular weight excluding hydrogens is 226 g/mol. The summed E-state index contributed by atoms with van der Waals surface area (Å²) in [6.07, 6.45) is -0.346.